The first-order chi connectivity index (χ1) is 10.0. The first kappa shape index (κ1) is 15.4. The van der Waals surface area contributed by atoms with Crippen LogP contribution in [0.3, 0.4) is 0 Å². The molecule has 0 aliphatic heterocycles. The molecule has 1 heterocycles. The molecule has 0 unspecified atom stereocenters. The zero-order chi connectivity index (χ0) is 15.4. The van der Waals surface area contributed by atoms with Crippen molar-refractivity contribution in [3.63, 3.8) is 0 Å². The Hall–Kier alpha value is -1.96. The second-order valence-corrected chi connectivity index (χ2v) is 5.18. The fourth-order valence-electron chi connectivity index (χ4n) is 1.81. The number of hydrogen-bond donors (Lipinski definition) is 1. The quantitative estimate of drug-likeness (QED) is 0.830. The molecular weight excluding hydrogens is 300 g/mol. The minimum absolute atomic E-state index is 0.0173. The number of hydrogen-bond acceptors (Lipinski definition) is 4. The molecule has 1 N–H and O–H groups in total. The standard InChI is InChI=1S/C13H13F2N3O2S/c1-2-4-10-16-17-13(21-7-11(19)20)18(10)9-6-3-5-8(14)12(9)15/h3,5-6H,2,4,7H2,1H3,(H,19,20). The average Bonchev–Trinajstić information content (AvgIpc) is 2.83. The highest BCUT2D eigenvalue weighted by molar-refractivity contribution is 7.99. The first-order valence-electron chi connectivity index (χ1n) is 6.27. The number of carbonyl (C=O) groups is 1. The number of aryl methyl sites for hydroxylation is 1. The van der Waals surface area contributed by atoms with Crippen LogP contribution in [0.25, 0.3) is 5.69 Å². The van der Waals surface area contributed by atoms with E-state index in [1.165, 1.54) is 16.7 Å². The third kappa shape index (κ3) is 3.38. The zero-order valence-corrected chi connectivity index (χ0v) is 12.0. The molecule has 0 radical (unpaired) electrons. The van der Waals surface area contributed by atoms with Gasteiger partial charge in [0.2, 0.25) is 0 Å². The van der Waals surface area contributed by atoms with E-state index in [4.69, 9.17) is 5.11 Å². The topological polar surface area (TPSA) is 68.0 Å². The lowest BCUT2D eigenvalue weighted by Crippen LogP contribution is -2.07. The van der Waals surface area contributed by atoms with Gasteiger partial charge in [0.15, 0.2) is 16.8 Å². The number of thioether (sulfide) groups is 1. The van der Waals surface area contributed by atoms with E-state index in [2.05, 4.69) is 10.2 Å². The van der Waals surface area contributed by atoms with Crippen LogP contribution >= 0.6 is 11.8 Å². The Balaban J connectivity index is 2.50. The minimum atomic E-state index is -1.02. The van der Waals surface area contributed by atoms with Gasteiger partial charge >= 0.3 is 5.97 Å². The monoisotopic (exact) mass is 313 g/mol. The molecule has 5 nitrogen and oxygen atoms in total. The first-order valence-corrected chi connectivity index (χ1v) is 7.26. The molecule has 0 amide bonds. The van der Waals surface area contributed by atoms with E-state index in [1.54, 1.807) is 0 Å². The molecule has 0 atom stereocenters. The number of nitrogens with zero attached hydrogens (tertiary/aromatic N) is 3. The molecule has 0 saturated carbocycles. The largest absolute Gasteiger partial charge is 0.481 e. The van der Waals surface area contributed by atoms with Crippen molar-refractivity contribution in [3.05, 3.63) is 35.7 Å². The molecule has 0 spiro atoms. The van der Waals surface area contributed by atoms with Crippen LogP contribution in [0.2, 0.25) is 0 Å². The Morgan fingerprint density at radius 3 is 2.81 bits per heavy atom. The maximum Gasteiger partial charge on any atom is 0.313 e. The zero-order valence-electron chi connectivity index (χ0n) is 11.2. The summed E-state index contributed by atoms with van der Waals surface area (Å²) in [5.41, 5.74) is -0.0173. The van der Waals surface area contributed by atoms with Gasteiger partial charge in [-0.25, -0.2) is 8.78 Å². The molecule has 112 valence electrons. The summed E-state index contributed by atoms with van der Waals surface area (Å²) >= 11 is 0.912. The van der Waals surface area contributed by atoms with Gasteiger partial charge in [0, 0.05) is 6.42 Å². The van der Waals surface area contributed by atoms with Crippen molar-refractivity contribution in [3.8, 4) is 5.69 Å². The Kier molecular flexibility index (Phi) is 4.89. The van der Waals surface area contributed by atoms with Crippen molar-refractivity contribution in [2.24, 2.45) is 0 Å². The summed E-state index contributed by atoms with van der Waals surface area (Å²) in [6.45, 7) is 1.92. The highest BCUT2D eigenvalue weighted by atomic mass is 32.2. The maximum absolute atomic E-state index is 14.0. The lowest BCUT2D eigenvalue weighted by molar-refractivity contribution is -0.133. The summed E-state index contributed by atoms with van der Waals surface area (Å²) in [6, 6.07) is 3.81. The molecule has 0 saturated heterocycles. The normalized spacial score (nSPS) is 10.8. The van der Waals surface area contributed by atoms with Crippen LogP contribution < -0.4 is 0 Å². The van der Waals surface area contributed by atoms with Gasteiger partial charge < -0.3 is 5.11 Å². The molecule has 21 heavy (non-hydrogen) atoms. The summed E-state index contributed by atoms with van der Waals surface area (Å²) in [7, 11) is 0. The Bertz CT molecular complexity index is 661. The van der Waals surface area contributed by atoms with Gasteiger partial charge in [-0.3, -0.25) is 9.36 Å². The van der Waals surface area contributed by atoms with Crippen LogP contribution in [0.15, 0.2) is 23.4 Å². The number of halogens is 2. The molecule has 0 fully saturated rings. The molecule has 1 aromatic heterocycles. The van der Waals surface area contributed by atoms with Crippen molar-refractivity contribution in [2.45, 2.75) is 24.9 Å². The predicted octanol–water partition coefficient (Wildman–Crippen LogP) is 2.67. The van der Waals surface area contributed by atoms with Crippen LogP contribution in [-0.2, 0) is 11.2 Å². The van der Waals surface area contributed by atoms with E-state index < -0.39 is 17.6 Å². The van der Waals surface area contributed by atoms with Crippen LogP contribution in [0.5, 0.6) is 0 Å². The van der Waals surface area contributed by atoms with Crippen LogP contribution in [-0.4, -0.2) is 31.6 Å². The van der Waals surface area contributed by atoms with Gasteiger partial charge in [0.1, 0.15) is 5.82 Å². The van der Waals surface area contributed by atoms with E-state index in [0.29, 0.717) is 12.2 Å². The van der Waals surface area contributed by atoms with E-state index >= 15 is 0 Å². The summed E-state index contributed by atoms with van der Waals surface area (Å²) in [6.07, 6.45) is 1.27. The average molecular weight is 313 g/mol. The Labute approximate surface area is 124 Å². The predicted molar refractivity (Wildman–Crippen MR) is 73.6 cm³/mol. The highest BCUT2D eigenvalue weighted by Gasteiger charge is 2.19. The van der Waals surface area contributed by atoms with Crippen molar-refractivity contribution in [1.29, 1.82) is 0 Å². The lowest BCUT2D eigenvalue weighted by Gasteiger charge is -2.10. The number of rotatable bonds is 6. The molecule has 0 bridgehead atoms. The third-order valence-electron chi connectivity index (χ3n) is 2.67. The smallest absolute Gasteiger partial charge is 0.313 e. The van der Waals surface area contributed by atoms with Gasteiger partial charge in [0.25, 0.3) is 0 Å². The Morgan fingerprint density at radius 2 is 2.14 bits per heavy atom. The van der Waals surface area contributed by atoms with E-state index in [1.807, 2.05) is 6.92 Å². The van der Waals surface area contributed by atoms with E-state index in [9.17, 15) is 13.6 Å². The Morgan fingerprint density at radius 1 is 1.38 bits per heavy atom. The van der Waals surface area contributed by atoms with Crippen LogP contribution in [0.4, 0.5) is 8.78 Å². The molecule has 1 aromatic carbocycles. The minimum Gasteiger partial charge on any atom is -0.481 e. The SMILES string of the molecule is CCCc1nnc(SCC(=O)O)n1-c1cccc(F)c1F. The van der Waals surface area contributed by atoms with Crippen molar-refractivity contribution < 1.29 is 18.7 Å². The second-order valence-electron chi connectivity index (χ2n) is 4.24. The van der Waals surface area contributed by atoms with Crippen LogP contribution in [0, 0.1) is 11.6 Å². The van der Waals surface area contributed by atoms with Crippen molar-refractivity contribution in [2.75, 3.05) is 5.75 Å². The van der Waals surface area contributed by atoms with Gasteiger partial charge in [-0.15, -0.1) is 10.2 Å². The van der Waals surface area contributed by atoms with E-state index in [0.717, 1.165) is 24.2 Å². The fraction of sp³-hybridized carbons (Fsp3) is 0.308. The molecular formula is C13H13F2N3O2S. The fourth-order valence-corrected chi connectivity index (χ4v) is 2.50. The van der Waals surface area contributed by atoms with Gasteiger partial charge in [-0.2, -0.15) is 0 Å². The molecule has 2 rings (SSSR count). The lowest BCUT2D eigenvalue weighted by atomic mass is 10.2. The van der Waals surface area contributed by atoms with Crippen molar-refractivity contribution in [1.82, 2.24) is 14.8 Å². The molecule has 2 aromatic rings. The summed E-state index contributed by atoms with van der Waals surface area (Å²) in [5, 5.41) is 16.8. The number of carboxylic acid groups (broad SMARTS) is 1. The van der Waals surface area contributed by atoms with Gasteiger partial charge in [0.05, 0.1) is 11.4 Å². The van der Waals surface area contributed by atoms with Crippen molar-refractivity contribution >= 4 is 17.7 Å². The van der Waals surface area contributed by atoms with Gasteiger partial charge in [-0.1, -0.05) is 24.8 Å². The highest BCUT2D eigenvalue weighted by Crippen LogP contribution is 2.25. The third-order valence-corrected chi connectivity index (χ3v) is 3.58. The molecule has 0 aliphatic rings. The number of benzene rings is 1. The molecule has 8 heteroatoms. The maximum atomic E-state index is 14.0. The second kappa shape index (κ2) is 6.66. The van der Waals surface area contributed by atoms with E-state index in [-0.39, 0.29) is 16.6 Å². The number of aromatic nitrogens is 3. The number of aliphatic carboxylic acids is 1. The molecule has 0 aliphatic carbocycles. The van der Waals surface area contributed by atoms with Gasteiger partial charge in [-0.05, 0) is 18.6 Å². The van der Waals surface area contributed by atoms with Crippen LogP contribution in [0.1, 0.15) is 19.2 Å². The summed E-state index contributed by atoms with van der Waals surface area (Å²) in [4.78, 5) is 10.7. The number of carboxylic acids is 1. The summed E-state index contributed by atoms with van der Waals surface area (Å²) < 4.78 is 28.8. The summed E-state index contributed by atoms with van der Waals surface area (Å²) in [5.74, 6) is -2.77.